The van der Waals surface area contributed by atoms with Crippen molar-refractivity contribution in [1.29, 1.82) is 0 Å². The van der Waals surface area contributed by atoms with Crippen LogP contribution in [0.2, 0.25) is 0 Å². The van der Waals surface area contributed by atoms with Crippen LogP contribution in [0.25, 0.3) is 0 Å². The first-order valence-electron chi connectivity index (χ1n) is 5.99. The highest BCUT2D eigenvalue weighted by atomic mass is 79.9. The summed E-state index contributed by atoms with van der Waals surface area (Å²) in [6.45, 7) is 2.23. The minimum atomic E-state index is -0.287. The Labute approximate surface area is 120 Å². The average Bonchev–Trinajstić information content (AvgIpc) is 2.41. The normalized spacial score (nSPS) is 12.2. The van der Waals surface area contributed by atoms with Crippen LogP contribution < -0.4 is 10.5 Å². The van der Waals surface area contributed by atoms with Crippen molar-refractivity contribution in [2.24, 2.45) is 5.73 Å². The molecule has 0 heterocycles. The van der Waals surface area contributed by atoms with Gasteiger partial charge in [0.1, 0.15) is 18.2 Å². The van der Waals surface area contributed by atoms with E-state index in [0.717, 1.165) is 16.9 Å². The molecule has 2 aromatic rings. The molecule has 2 N–H and O–H groups in total. The molecule has 1 unspecified atom stereocenters. The van der Waals surface area contributed by atoms with Gasteiger partial charge in [-0.1, -0.05) is 24.3 Å². The van der Waals surface area contributed by atoms with Gasteiger partial charge in [0, 0.05) is 11.6 Å². The second kappa shape index (κ2) is 6.17. The van der Waals surface area contributed by atoms with Crippen molar-refractivity contribution in [1.82, 2.24) is 0 Å². The highest BCUT2D eigenvalue weighted by Gasteiger charge is 2.06. The maximum absolute atomic E-state index is 13.4. The number of halogens is 2. The van der Waals surface area contributed by atoms with Gasteiger partial charge in [0.05, 0.1) is 4.47 Å². The average molecular weight is 324 g/mol. The summed E-state index contributed by atoms with van der Waals surface area (Å²) in [4.78, 5) is 0. The first-order valence-corrected chi connectivity index (χ1v) is 6.78. The summed E-state index contributed by atoms with van der Waals surface area (Å²) < 4.78 is 19.5. The number of nitrogens with two attached hydrogens (primary N) is 1. The van der Waals surface area contributed by atoms with Gasteiger partial charge >= 0.3 is 0 Å². The van der Waals surface area contributed by atoms with E-state index >= 15 is 0 Å². The second-order valence-corrected chi connectivity index (χ2v) is 5.16. The molecule has 4 heteroatoms. The van der Waals surface area contributed by atoms with E-state index < -0.39 is 0 Å². The Morgan fingerprint density at radius 3 is 2.74 bits per heavy atom. The van der Waals surface area contributed by atoms with Gasteiger partial charge < -0.3 is 10.5 Å². The third kappa shape index (κ3) is 3.55. The van der Waals surface area contributed by atoms with E-state index in [1.54, 1.807) is 6.07 Å². The van der Waals surface area contributed by atoms with Crippen molar-refractivity contribution in [2.75, 3.05) is 0 Å². The summed E-state index contributed by atoms with van der Waals surface area (Å²) in [6, 6.07) is 12.5. The molecule has 100 valence electrons. The summed E-state index contributed by atoms with van der Waals surface area (Å²) in [6.07, 6.45) is 0. The van der Waals surface area contributed by atoms with Crippen LogP contribution >= 0.6 is 15.9 Å². The van der Waals surface area contributed by atoms with Gasteiger partial charge in [-0.15, -0.1) is 0 Å². The fourth-order valence-electron chi connectivity index (χ4n) is 1.71. The van der Waals surface area contributed by atoms with Crippen molar-refractivity contribution in [3.05, 3.63) is 63.9 Å². The lowest BCUT2D eigenvalue weighted by Gasteiger charge is -2.11. The molecular formula is C15H15BrFNO. The minimum Gasteiger partial charge on any atom is -0.489 e. The molecule has 0 fully saturated rings. The Balaban J connectivity index is 2.10. The van der Waals surface area contributed by atoms with Crippen molar-refractivity contribution in [3.8, 4) is 5.75 Å². The van der Waals surface area contributed by atoms with Crippen molar-refractivity contribution in [2.45, 2.75) is 19.6 Å². The number of benzene rings is 2. The zero-order valence-electron chi connectivity index (χ0n) is 10.6. The van der Waals surface area contributed by atoms with Gasteiger partial charge in [-0.3, -0.25) is 0 Å². The molecule has 0 saturated heterocycles. The lowest BCUT2D eigenvalue weighted by molar-refractivity contribution is 0.304. The molecule has 0 aromatic heterocycles. The fraction of sp³-hybridized carbons (Fsp3) is 0.200. The first-order chi connectivity index (χ1) is 9.08. The maximum Gasteiger partial charge on any atom is 0.137 e. The van der Waals surface area contributed by atoms with E-state index in [0.29, 0.717) is 11.1 Å². The van der Waals surface area contributed by atoms with Crippen LogP contribution in [-0.4, -0.2) is 0 Å². The van der Waals surface area contributed by atoms with E-state index in [1.807, 2.05) is 37.3 Å². The Morgan fingerprint density at radius 2 is 2.00 bits per heavy atom. The van der Waals surface area contributed by atoms with Crippen LogP contribution in [0.4, 0.5) is 4.39 Å². The van der Waals surface area contributed by atoms with Crippen molar-refractivity contribution >= 4 is 15.9 Å². The van der Waals surface area contributed by atoms with Gasteiger partial charge in [0.2, 0.25) is 0 Å². The van der Waals surface area contributed by atoms with Crippen molar-refractivity contribution in [3.63, 3.8) is 0 Å². The highest BCUT2D eigenvalue weighted by molar-refractivity contribution is 9.10. The largest absolute Gasteiger partial charge is 0.489 e. The first kappa shape index (κ1) is 14.0. The van der Waals surface area contributed by atoms with E-state index in [-0.39, 0.29) is 11.9 Å². The predicted molar refractivity (Wildman–Crippen MR) is 77.5 cm³/mol. The summed E-state index contributed by atoms with van der Waals surface area (Å²) in [5.41, 5.74) is 7.60. The monoisotopic (exact) mass is 323 g/mol. The topological polar surface area (TPSA) is 35.2 Å². The summed E-state index contributed by atoms with van der Waals surface area (Å²) in [7, 11) is 0. The lowest BCUT2D eigenvalue weighted by atomic mass is 10.1. The molecule has 2 aromatic carbocycles. The standard InChI is InChI=1S/C15H15BrFNO/c1-10(18)11-4-2-6-13(8-11)19-9-12-5-3-7-14(17)15(12)16/h2-8,10H,9,18H2,1H3. The summed E-state index contributed by atoms with van der Waals surface area (Å²) >= 11 is 3.22. The van der Waals surface area contributed by atoms with E-state index in [2.05, 4.69) is 15.9 Å². The lowest BCUT2D eigenvalue weighted by Crippen LogP contribution is -2.05. The van der Waals surface area contributed by atoms with Crippen LogP contribution in [0.15, 0.2) is 46.9 Å². The Kier molecular flexibility index (Phi) is 4.56. The zero-order valence-corrected chi connectivity index (χ0v) is 12.2. The summed E-state index contributed by atoms with van der Waals surface area (Å²) in [5.74, 6) is 0.441. The molecule has 0 aliphatic heterocycles. The molecule has 2 nitrogen and oxygen atoms in total. The molecule has 19 heavy (non-hydrogen) atoms. The van der Waals surface area contributed by atoms with Crippen LogP contribution in [0.1, 0.15) is 24.1 Å². The molecule has 1 atom stereocenters. The SMILES string of the molecule is CC(N)c1cccc(OCc2cccc(F)c2Br)c1. The summed E-state index contributed by atoms with van der Waals surface area (Å²) in [5, 5.41) is 0. The van der Waals surface area contributed by atoms with Gasteiger partial charge in [0.25, 0.3) is 0 Å². The Morgan fingerprint density at radius 1 is 1.26 bits per heavy atom. The number of hydrogen-bond acceptors (Lipinski definition) is 2. The Bertz CT molecular complexity index is 572. The third-order valence-corrected chi connectivity index (χ3v) is 3.70. The van der Waals surface area contributed by atoms with Gasteiger partial charge in [-0.05, 0) is 46.6 Å². The van der Waals surface area contributed by atoms with E-state index in [4.69, 9.17) is 10.5 Å². The molecule has 0 saturated carbocycles. The number of hydrogen-bond donors (Lipinski definition) is 1. The quantitative estimate of drug-likeness (QED) is 0.915. The molecule has 0 aliphatic carbocycles. The molecule has 0 bridgehead atoms. The number of ether oxygens (including phenoxy) is 1. The van der Waals surface area contributed by atoms with Crippen molar-refractivity contribution < 1.29 is 9.13 Å². The molecule has 0 amide bonds. The smallest absolute Gasteiger partial charge is 0.137 e. The van der Waals surface area contributed by atoms with Crippen LogP contribution in [-0.2, 0) is 6.61 Å². The van der Waals surface area contributed by atoms with Crippen LogP contribution in [0.5, 0.6) is 5.75 Å². The van der Waals surface area contributed by atoms with Gasteiger partial charge in [-0.25, -0.2) is 4.39 Å². The number of rotatable bonds is 4. The van der Waals surface area contributed by atoms with Gasteiger partial charge in [0.15, 0.2) is 0 Å². The van der Waals surface area contributed by atoms with Gasteiger partial charge in [-0.2, -0.15) is 0 Å². The molecule has 2 rings (SSSR count). The predicted octanol–water partition coefficient (Wildman–Crippen LogP) is 4.19. The fourth-order valence-corrected chi connectivity index (χ4v) is 2.09. The molecule has 0 radical (unpaired) electrons. The highest BCUT2D eigenvalue weighted by Crippen LogP contribution is 2.23. The minimum absolute atomic E-state index is 0.0375. The molecule has 0 aliphatic rings. The molecular weight excluding hydrogens is 309 g/mol. The maximum atomic E-state index is 13.4. The zero-order chi connectivity index (χ0) is 13.8. The molecule has 0 spiro atoms. The second-order valence-electron chi connectivity index (χ2n) is 4.36. The van der Waals surface area contributed by atoms with Crippen LogP contribution in [0.3, 0.4) is 0 Å². The Hall–Kier alpha value is -1.39. The van der Waals surface area contributed by atoms with E-state index in [9.17, 15) is 4.39 Å². The van der Waals surface area contributed by atoms with E-state index in [1.165, 1.54) is 6.07 Å². The third-order valence-electron chi connectivity index (χ3n) is 2.81. The van der Waals surface area contributed by atoms with Crippen LogP contribution in [0, 0.1) is 5.82 Å².